The highest BCUT2D eigenvalue weighted by Crippen LogP contribution is 2.14. The third kappa shape index (κ3) is 3.48. The van der Waals surface area contributed by atoms with Gasteiger partial charge in [-0.05, 0) is 23.8 Å². The summed E-state index contributed by atoms with van der Waals surface area (Å²) >= 11 is 0. The van der Waals surface area contributed by atoms with E-state index in [9.17, 15) is 4.79 Å². The SMILES string of the molecule is O=C(O)/C=C/c1ccc(OCc2cnoc2)cc1. The maximum Gasteiger partial charge on any atom is 0.328 e. The van der Waals surface area contributed by atoms with E-state index in [1.54, 1.807) is 30.5 Å². The highest BCUT2D eigenvalue weighted by molar-refractivity contribution is 5.85. The highest BCUT2D eigenvalue weighted by Gasteiger charge is 1.98. The smallest absolute Gasteiger partial charge is 0.328 e. The third-order valence-corrected chi connectivity index (χ3v) is 2.19. The summed E-state index contributed by atoms with van der Waals surface area (Å²) < 4.78 is 10.2. The number of aliphatic carboxylic acids is 1. The molecule has 92 valence electrons. The molecule has 0 aliphatic carbocycles. The van der Waals surface area contributed by atoms with Gasteiger partial charge in [0.15, 0.2) is 0 Å². The number of aromatic nitrogens is 1. The molecule has 1 aromatic carbocycles. The van der Waals surface area contributed by atoms with Crippen LogP contribution in [0.2, 0.25) is 0 Å². The van der Waals surface area contributed by atoms with E-state index in [1.165, 1.54) is 12.3 Å². The lowest BCUT2D eigenvalue weighted by atomic mass is 10.2. The van der Waals surface area contributed by atoms with E-state index in [2.05, 4.69) is 9.68 Å². The molecule has 5 nitrogen and oxygen atoms in total. The molecule has 2 rings (SSSR count). The van der Waals surface area contributed by atoms with Crippen LogP contribution in [0.5, 0.6) is 5.75 Å². The summed E-state index contributed by atoms with van der Waals surface area (Å²) in [6, 6.07) is 7.11. The fraction of sp³-hybridized carbons (Fsp3) is 0.0769. The van der Waals surface area contributed by atoms with E-state index in [1.807, 2.05) is 0 Å². The topological polar surface area (TPSA) is 72.6 Å². The largest absolute Gasteiger partial charge is 0.489 e. The van der Waals surface area contributed by atoms with Gasteiger partial charge in [-0.25, -0.2) is 4.79 Å². The molecule has 0 amide bonds. The Morgan fingerprint density at radius 3 is 2.78 bits per heavy atom. The monoisotopic (exact) mass is 245 g/mol. The maximum atomic E-state index is 10.3. The Labute approximate surface area is 103 Å². The summed E-state index contributed by atoms with van der Waals surface area (Å²) in [6.45, 7) is 0.383. The first-order chi connectivity index (χ1) is 8.74. The van der Waals surface area contributed by atoms with Gasteiger partial charge in [0.1, 0.15) is 18.6 Å². The van der Waals surface area contributed by atoms with Gasteiger partial charge in [0.25, 0.3) is 0 Å². The van der Waals surface area contributed by atoms with E-state index in [-0.39, 0.29) is 0 Å². The van der Waals surface area contributed by atoms with E-state index >= 15 is 0 Å². The summed E-state index contributed by atoms with van der Waals surface area (Å²) in [5.41, 5.74) is 1.65. The maximum absolute atomic E-state index is 10.3. The van der Waals surface area contributed by atoms with E-state index in [4.69, 9.17) is 9.84 Å². The van der Waals surface area contributed by atoms with Crippen molar-refractivity contribution in [3.63, 3.8) is 0 Å². The minimum Gasteiger partial charge on any atom is -0.489 e. The summed E-state index contributed by atoms with van der Waals surface area (Å²) in [7, 11) is 0. The summed E-state index contributed by atoms with van der Waals surface area (Å²) in [6.07, 6.45) is 5.72. The molecule has 0 aliphatic heterocycles. The molecule has 0 saturated carbocycles. The van der Waals surface area contributed by atoms with Crippen LogP contribution in [0.15, 0.2) is 47.3 Å². The van der Waals surface area contributed by atoms with Crippen molar-refractivity contribution >= 4 is 12.0 Å². The molecule has 0 radical (unpaired) electrons. The molecule has 2 aromatic rings. The van der Waals surface area contributed by atoms with E-state index in [0.717, 1.165) is 17.2 Å². The molecule has 0 bridgehead atoms. The fourth-order valence-corrected chi connectivity index (χ4v) is 1.31. The molecule has 18 heavy (non-hydrogen) atoms. The standard InChI is InChI=1S/C13H11NO4/c15-13(16)6-3-10-1-4-12(5-2-10)17-8-11-7-14-18-9-11/h1-7,9H,8H2,(H,15,16)/b6-3+. The van der Waals surface area contributed by atoms with E-state index in [0.29, 0.717) is 12.4 Å². The second kappa shape index (κ2) is 5.67. The Kier molecular flexibility index (Phi) is 3.76. The number of carbonyl (C=O) groups is 1. The third-order valence-electron chi connectivity index (χ3n) is 2.19. The van der Waals surface area contributed by atoms with Crippen LogP contribution in [0, 0.1) is 0 Å². The Bertz CT molecular complexity index is 529. The molecule has 1 aromatic heterocycles. The van der Waals surface area contributed by atoms with Crippen molar-refractivity contribution in [2.75, 3.05) is 0 Å². The summed E-state index contributed by atoms with van der Waals surface area (Å²) in [5, 5.41) is 12.1. The average molecular weight is 245 g/mol. The van der Waals surface area contributed by atoms with Gasteiger partial charge in [-0.1, -0.05) is 17.3 Å². The van der Waals surface area contributed by atoms with Gasteiger partial charge in [0.2, 0.25) is 0 Å². The summed E-state index contributed by atoms with van der Waals surface area (Å²) in [4.78, 5) is 10.3. The van der Waals surface area contributed by atoms with Crippen LogP contribution < -0.4 is 4.74 Å². The number of hydrogen-bond donors (Lipinski definition) is 1. The molecule has 0 unspecified atom stereocenters. The number of hydrogen-bond acceptors (Lipinski definition) is 4. The molecule has 1 N–H and O–H groups in total. The molecular weight excluding hydrogens is 234 g/mol. The van der Waals surface area contributed by atoms with Crippen molar-refractivity contribution in [1.82, 2.24) is 5.16 Å². The quantitative estimate of drug-likeness (QED) is 0.818. The first-order valence-corrected chi connectivity index (χ1v) is 5.26. The predicted octanol–water partition coefficient (Wildman–Crippen LogP) is 2.35. The first-order valence-electron chi connectivity index (χ1n) is 5.26. The van der Waals surface area contributed by atoms with Crippen molar-refractivity contribution in [2.24, 2.45) is 0 Å². The van der Waals surface area contributed by atoms with Crippen LogP contribution in [-0.4, -0.2) is 16.2 Å². The van der Waals surface area contributed by atoms with Gasteiger partial charge in [-0.2, -0.15) is 0 Å². The molecule has 0 spiro atoms. The first kappa shape index (κ1) is 11.9. The lowest BCUT2D eigenvalue weighted by Gasteiger charge is -2.03. The number of carboxylic acid groups (broad SMARTS) is 1. The molecule has 0 aliphatic rings. The zero-order valence-electron chi connectivity index (χ0n) is 9.45. The van der Waals surface area contributed by atoms with Gasteiger partial charge in [-0.3, -0.25) is 0 Å². The van der Waals surface area contributed by atoms with Crippen molar-refractivity contribution in [3.8, 4) is 5.75 Å². The van der Waals surface area contributed by atoms with Crippen LogP contribution in [-0.2, 0) is 11.4 Å². The molecule has 5 heteroatoms. The number of carboxylic acids is 1. The number of benzene rings is 1. The number of nitrogens with zero attached hydrogens (tertiary/aromatic N) is 1. The molecule has 0 atom stereocenters. The van der Waals surface area contributed by atoms with Crippen LogP contribution >= 0.6 is 0 Å². The van der Waals surface area contributed by atoms with Gasteiger partial charge < -0.3 is 14.4 Å². The fourth-order valence-electron chi connectivity index (χ4n) is 1.31. The normalized spacial score (nSPS) is 10.7. The minimum atomic E-state index is -0.970. The zero-order valence-corrected chi connectivity index (χ0v) is 9.45. The zero-order chi connectivity index (χ0) is 12.8. The van der Waals surface area contributed by atoms with Crippen molar-refractivity contribution in [3.05, 3.63) is 53.9 Å². The van der Waals surface area contributed by atoms with Gasteiger partial charge in [0.05, 0.1) is 6.20 Å². The predicted molar refractivity (Wildman–Crippen MR) is 63.9 cm³/mol. The Morgan fingerprint density at radius 1 is 1.39 bits per heavy atom. The molecule has 0 fully saturated rings. The van der Waals surface area contributed by atoms with Crippen LogP contribution in [0.1, 0.15) is 11.1 Å². The average Bonchev–Trinajstić information content (AvgIpc) is 2.88. The van der Waals surface area contributed by atoms with Crippen molar-refractivity contribution in [2.45, 2.75) is 6.61 Å². The highest BCUT2D eigenvalue weighted by atomic mass is 16.5. The van der Waals surface area contributed by atoms with Crippen LogP contribution in [0.4, 0.5) is 0 Å². The molecule has 1 heterocycles. The lowest BCUT2D eigenvalue weighted by molar-refractivity contribution is -0.131. The van der Waals surface area contributed by atoms with Gasteiger partial charge >= 0.3 is 5.97 Å². The van der Waals surface area contributed by atoms with Gasteiger partial charge in [-0.15, -0.1) is 0 Å². The lowest BCUT2D eigenvalue weighted by Crippen LogP contribution is -1.93. The van der Waals surface area contributed by atoms with Crippen molar-refractivity contribution < 1.29 is 19.2 Å². The van der Waals surface area contributed by atoms with Crippen LogP contribution in [0.25, 0.3) is 6.08 Å². The number of rotatable bonds is 5. The van der Waals surface area contributed by atoms with Crippen LogP contribution in [0.3, 0.4) is 0 Å². The molecule has 0 saturated heterocycles. The minimum absolute atomic E-state index is 0.383. The van der Waals surface area contributed by atoms with Gasteiger partial charge in [0, 0.05) is 11.6 Å². The Balaban J connectivity index is 1.93. The Morgan fingerprint density at radius 2 is 2.17 bits per heavy atom. The van der Waals surface area contributed by atoms with Crippen molar-refractivity contribution in [1.29, 1.82) is 0 Å². The molecular formula is C13H11NO4. The summed E-state index contributed by atoms with van der Waals surface area (Å²) in [5.74, 6) is -0.272. The second-order valence-corrected chi connectivity index (χ2v) is 3.56. The second-order valence-electron chi connectivity index (χ2n) is 3.56. The van der Waals surface area contributed by atoms with E-state index < -0.39 is 5.97 Å². The number of ether oxygens (including phenoxy) is 1. The Hall–Kier alpha value is -2.56.